The number of aryl methyl sites for hydroxylation is 1. The zero-order valence-corrected chi connectivity index (χ0v) is 7.91. The van der Waals surface area contributed by atoms with Crippen molar-refractivity contribution in [2.75, 3.05) is 0 Å². The van der Waals surface area contributed by atoms with Crippen LogP contribution in [0, 0.1) is 6.92 Å². The van der Waals surface area contributed by atoms with Crippen LogP contribution in [0.4, 0.5) is 13.2 Å². The first kappa shape index (κ1) is 11.0. The lowest BCUT2D eigenvalue weighted by atomic mass is 10.1. The number of carbonyl (C=O) groups excluding carboxylic acids is 1. The molecular weight excluding hydrogens is 217 g/mol. The molecule has 1 aromatic carbocycles. The number of halogens is 4. The molecule has 0 fully saturated rings. The Morgan fingerprint density at radius 2 is 1.93 bits per heavy atom. The molecule has 0 saturated carbocycles. The van der Waals surface area contributed by atoms with Gasteiger partial charge in [-0.05, 0) is 36.2 Å². The second kappa shape index (κ2) is 3.61. The van der Waals surface area contributed by atoms with Crippen molar-refractivity contribution in [3.63, 3.8) is 0 Å². The second-order valence-electron chi connectivity index (χ2n) is 2.80. The van der Waals surface area contributed by atoms with E-state index in [1.165, 1.54) is 19.1 Å². The van der Waals surface area contributed by atoms with Crippen molar-refractivity contribution >= 4 is 16.8 Å². The smallest absolute Gasteiger partial charge is 0.276 e. The van der Waals surface area contributed by atoms with E-state index < -0.39 is 17.0 Å². The fourth-order valence-corrected chi connectivity index (χ4v) is 1.17. The highest BCUT2D eigenvalue weighted by molar-refractivity contribution is 6.67. The Morgan fingerprint density at radius 1 is 1.36 bits per heavy atom. The number of hydrogen-bond donors (Lipinski definition) is 0. The highest BCUT2D eigenvalue weighted by Crippen LogP contribution is 2.32. The molecule has 0 aliphatic heterocycles. The minimum atomic E-state index is -4.45. The number of carbonyl (C=O) groups is 1. The van der Waals surface area contributed by atoms with Gasteiger partial charge in [0, 0.05) is 5.56 Å². The van der Waals surface area contributed by atoms with Gasteiger partial charge in [-0.2, -0.15) is 13.2 Å². The number of benzene rings is 1. The van der Waals surface area contributed by atoms with E-state index in [-0.39, 0.29) is 11.1 Å². The van der Waals surface area contributed by atoms with E-state index in [0.717, 1.165) is 6.07 Å². The van der Waals surface area contributed by atoms with Crippen LogP contribution in [0.2, 0.25) is 0 Å². The van der Waals surface area contributed by atoms with E-state index >= 15 is 0 Å². The van der Waals surface area contributed by atoms with Crippen LogP contribution in [-0.2, 0) is 6.18 Å². The van der Waals surface area contributed by atoms with E-state index in [2.05, 4.69) is 0 Å². The van der Waals surface area contributed by atoms with Crippen LogP contribution in [0.25, 0.3) is 0 Å². The summed E-state index contributed by atoms with van der Waals surface area (Å²) < 4.78 is 37.0. The van der Waals surface area contributed by atoms with Crippen molar-refractivity contribution in [3.05, 3.63) is 34.9 Å². The number of alkyl halides is 3. The summed E-state index contributed by atoms with van der Waals surface area (Å²) in [6, 6.07) is 3.24. The average Bonchev–Trinajstić information content (AvgIpc) is 2.02. The quantitative estimate of drug-likeness (QED) is 0.666. The summed E-state index contributed by atoms with van der Waals surface area (Å²) in [6.45, 7) is 1.32. The molecule has 76 valence electrons. The van der Waals surface area contributed by atoms with E-state index in [9.17, 15) is 18.0 Å². The molecule has 14 heavy (non-hydrogen) atoms. The molecule has 0 saturated heterocycles. The van der Waals surface area contributed by atoms with Crippen LogP contribution in [0.1, 0.15) is 21.5 Å². The number of rotatable bonds is 1. The van der Waals surface area contributed by atoms with Gasteiger partial charge in [-0.25, -0.2) is 0 Å². The molecular formula is C9H6ClF3O. The van der Waals surface area contributed by atoms with Crippen molar-refractivity contribution in [1.29, 1.82) is 0 Å². The van der Waals surface area contributed by atoms with Gasteiger partial charge in [0.15, 0.2) is 0 Å². The Morgan fingerprint density at radius 3 is 2.36 bits per heavy atom. The van der Waals surface area contributed by atoms with Gasteiger partial charge in [-0.15, -0.1) is 0 Å². The largest absolute Gasteiger partial charge is 0.416 e. The summed E-state index contributed by atoms with van der Waals surface area (Å²) in [7, 11) is 0. The molecule has 0 bridgehead atoms. The highest BCUT2D eigenvalue weighted by atomic mass is 35.5. The fourth-order valence-electron chi connectivity index (χ4n) is 1.05. The first-order valence-electron chi connectivity index (χ1n) is 3.70. The Labute approximate surface area is 83.5 Å². The lowest BCUT2D eigenvalue weighted by molar-refractivity contribution is -0.138. The van der Waals surface area contributed by atoms with Crippen LogP contribution in [0.3, 0.4) is 0 Å². The summed E-state index contributed by atoms with van der Waals surface area (Å²) in [4.78, 5) is 10.6. The molecule has 1 aromatic rings. The van der Waals surface area contributed by atoms with E-state index in [4.69, 9.17) is 11.6 Å². The van der Waals surface area contributed by atoms with Crippen LogP contribution in [-0.4, -0.2) is 5.24 Å². The van der Waals surface area contributed by atoms with Crippen molar-refractivity contribution in [1.82, 2.24) is 0 Å². The third-order valence-electron chi connectivity index (χ3n) is 1.77. The Balaban J connectivity index is 3.29. The van der Waals surface area contributed by atoms with E-state index in [0.29, 0.717) is 0 Å². The van der Waals surface area contributed by atoms with E-state index in [1.807, 2.05) is 0 Å². The second-order valence-corrected chi connectivity index (χ2v) is 3.14. The monoisotopic (exact) mass is 222 g/mol. The van der Waals surface area contributed by atoms with Gasteiger partial charge in [-0.3, -0.25) is 4.79 Å². The first-order chi connectivity index (χ1) is 6.32. The van der Waals surface area contributed by atoms with Gasteiger partial charge in [0.1, 0.15) is 0 Å². The van der Waals surface area contributed by atoms with Gasteiger partial charge < -0.3 is 0 Å². The van der Waals surface area contributed by atoms with Crippen molar-refractivity contribution < 1.29 is 18.0 Å². The van der Waals surface area contributed by atoms with Crippen LogP contribution in [0.5, 0.6) is 0 Å². The van der Waals surface area contributed by atoms with Gasteiger partial charge in [-0.1, -0.05) is 6.07 Å². The van der Waals surface area contributed by atoms with Crippen LogP contribution in [0.15, 0.2) is 18.2 Å². The molecule has 0 heterocycles. The molecule has 0 aliphatic rings. The molecule has 1 rings (SSSR count). The minimum absolute atomic E-state index is 0.0687. The third kappa shape index (κ3) is 2.26. The fraction of sp³-hybridized carbons (Fsp3) is 0.222. The zero-order chi connectivity index (χ0) is 10.9. The maximum Gasteiger partial charge on any atom is 0.416 e. The SMILES string of the molecule is Cc1ccc(C(=O)Cl)cc1C(F)(F)F. The van der Waals surface area contributed by atoms with Gasteiger partial charge >= 0.3 is 6.18 Å². The van der Waals surface area contributed by atoms with Crippen molar-refractivity contribution in [3.8, 4) is 0 Å². The van der Waals surface area contributed by atoms with Crippen LogP contribution < -0.4 is 0 Å². The Bertz CT molecular complexity index is 371. The number of hydrogen-bond acceptors (Lipinski definition) is 1. The van der Waals surface area contributed by atoms with Crippen molar-refractivity contribution in [2.45, 2.75) is 13.1 Å². The molecule has 0 unspecified atom stereocenters. The molecule has 0 aromatic heterocycles. The standard InChI is InChI=1S/C9H6ClF3O/c1-5-2-3-6(8(10)14)4-7(5)9(11,12)13/h2-4H,1H3. The maximum absolute atomic E-state index is 12.3. The van der Waals surface area contributed by atoms with Crippen molar-refractivity contribution in [2.24, 2.45) is 0 Å². The van der Waals surface area contributed by atoms with E-state index in [1.54, 1.807) is 0 Å². The molecule has 1 nitrogen and oxygen atoms in total. The lowest BCUT2D eigenvalue weighted by Crippen LogP contribution is -2.08. The zero-order valence-electron chi connectivity index (χ0n) is 7.15. The molecule has 0 radical (unpaired) electrons. The molecule has 0 spiro atoms. The van der Waals surface area contributed by atoms with Gasteiger partial charge in [0.2, 0.25) is 0 Å². The Kier molecular flexibility index (Phi) is 2.85. The van der Waals surface area contributed by atoms with Crippen LogP contribution >= 0.6 is 11.6 Å². The minimum Gasteiger partial charge on any atom is -0.276 e. The Hall–Kier alpha value is -1.03. The summed E-state index contributed by atoms with van der Waals surface area (Å²) >= 11 is 5.07. The first-order valence-corrected chi connectivity index (χ1v) is 4.08. The maximum atomic E-state index is 12.3. The molecule has 0 N–H and O–H groups in total. The average molecular weight is 223 g/mol. The normalized spacial score (nSPS) is 11.5. The van der Waals surface area contributed by atoms with Gasteiger partial charge in [0.25, 0.3) is 5.24 Å². The predicted octanol–water partition coefficient (Wildman–Crippen LogP) is 3.39. The summed E-state index contributed by atoms with van der Waals surface area (Å²) in [5.41, 5.74) is -0.909. The summed E-state index contributed by atoms with van der Waals surface area (Å²) in [5.74, 6) is 0. The predicted molar refractivity (Wildman–Crippen MR) is 46.4 cm³/mol. The molecule has 0 amide bonds. The molecule has 5 heteroatoms. The third-order valence-corrected chi connectivity index (χ3v) is 1.99. The highest BCUT2D eigenvalue weighted by Gasteiger charge is 2.32. The topological polar surface area (TPSA) is 17.1 Å². The molecule has 0 aliphatic carbocycles. The van der Waals surface area contributed by atoms with Gasteiger partial charge in [0.05, 0.1) is 5.56 Å². The molecule has 0 atom stereocenters. The summed E-state index contributed by atoms with van der Waals surface area (Å²) in [6.07, 6.45) is -4.45. The summed E-state index contributed by atoms with van der Waals surface area (Å²) in [5, 5.41) is -0.893. The lowest BCUT2D eigenvalue weighted by Gasteiger charge is -2.10.